The van der Waals surface area contributed by atoms with Crippen LogP contribution in [0.15, 0.2) is 61.2 Å². The Morgan fingerprint density at radius 1 is 1.00 bits per heavy atom. The number of carbonyl (C=O) groups is 2. The summed E-state index contributed by atoms with van der Waals surface area (Å²) in [4.78, 5) is 24.5. The quantitative estimate of drug-likeness (QED) is 0.178. The summed E-state index contributed by atoms with van der Waals surface area (Å²) in [5, 5.41) is 0. The first kappa shape index (κ1) is 24.1. The first-order chi connectivity index (χ1) is 15.9. The monoisotopic (exact) mass is 448 g/mol. The molecule has 0 aromatic heterocycles. The standard InChI is InChI=1S/C27H32N2O4/c1-2-3-4-19-5-10-22(11-6-19)27(31)33-25-12-7-20(8-13-25)9-14-26(30)32-18-21-15-23(28)17-24(29)16-21/h2,7-9,12-17,19,22H,1,3-6,10-11,18,28-29H2. The van der Waals surface area contributed by atoms with E-state index in [1.165, 1.54) is 6.08 Å². The van der Waals surface area contributed by atoms with Crippen molar-refractivity contribution in [3.63, 3.8) is 0 Å². The van der Waals surface area contributed by atoms with E-state index in [9.17, 15) is 9.59 Å². The Labute approximate surface area is 195 Å². The first-order valence-corrected chi connectivity index (χ1v) is 11.4. The van der Waals surface area contributed by atoms with Crippen LogP contribution >= 0.6 is 0 Å². The Kier molecular flexibility index (Phi) is 8.70. The molecule has 33 heavy (non-hydrogen) atoms. The molecule has 1 aliphatic carbocycles. The second kappa shape index (κ2) is 11.9. The van der Waals surface area contributed by atoms with Crippen molar-refractivity contribution in [1.82, 2.24) is 0 Å². The lowest BCUT2D eigenvalue weighted by Crippen LogP contribution is -2.25. The average Bonchev–Trinajstić information content (AvgIpc) is 2.80. The number of hydrogen-bond donors (Lipinski definition) is 2. The van der Waals surface area contributed by atoms with Gasteiger partial charge in [-0.3, -0.25) is 4.79 Å². The maximum atomic E-state index is 12.5. The van der Waals surface area contributed by atoms with Crippen LogP contribution in [0, 0.1) is 11.8 Å². The van der Waals surface area contributed by atoms with Crippen molar-refractivity contribution in [2.24, 2.45) is 11.8 Å². The topological polar surface area (TPSA) is 105 Å². The Morgan fingerprint density at radius 2 is 1.67 bits per heavy atom. The Morgan fingerprint density at radius 3 is 2.30 bits per heavy atom. The number of rotatable bonds is 9. The van der Waals surface area contributed by atoms with Crippen molar-refractivity contribution in [1.29, 1.82) is 0 Å². The van der Waals surface area contributed by atoms with E-state index in [4.69, 9.17) is 20.9 Å². The first-order valence-electron chi connectivity index (χ1n) is 11.4. The molecule has 0 amide bonds. The van der Waals surface area contributed by atoms with Gasteiger partial charge in [-0.05, 0) is 92.0 Å². The second-order valence-corrected chi connectivity index (χ2v) is 8.52. The number of esters is 2. The van der Waals surface area contributed by atoms with Crippen molar-refractivity contribution in [2.45, 2.75) is 45.1 Å². The van der Waals surface area contributed by atoms with Crippen LogP contribution in [-0.4, -0.2) is 11.9 Å². The molecule has 174 valence electrons. The number of carbonyl (C=O) groups excluding carboxylic acids is 2. The van der Waals surface area contributed by atoms with Crippen LogP contribution in [0.2, 0.25) is 0 Å². The van der Waals surface area contributed by atoms with Crippen molar-refractivity contribution in [2.75, 3.05) is 11.5 Å². The lowest BCUT2D eigenvalue weighted by Gasteiger charge is -2.26. The predicted octanol–water partition coefficient (Wildman–Crippen LogP) is 5.29. The summed E-state index contributed by atoms with van der Waals surface area (Å²) < 4.78 is 10.8. The van der Waals surface area contributed by atoms with Crippen LogP contribution < -0.4 is 16.2 Å². The average molecular weight is 449 g/mol. The van der Waals surface area contributed by atoms with Crippen LogP contribution in [-0.2, 0) is 20.9 Å². The van der Waals surface area contributed by atoms with Crippen LogP contribution in [0.5, 0.6) is 5.75 Å². The molecular formula is C27H32N2O4. The third-order valence-electron chi connectivity index (χ3n) is 5.89. The molecule has 0 spiro atoms. The zero-order valence-corrected chi connectivity index (χ0v) is 18.9. The maximum absolute atomic E-state index is 12.5. The zero-order valence-electron chi connectivity index (χ0n) is 18.9. The maximum Gasteiger partial charge on any atom is 0.331 e. The van der Waals surface area contributed by atoms with Gasteiger partial charge < -0.3 is 20.9 Å². The minimum atomic E-state index is -0.477. The highest BCUT2D eigenvalue weighted by atomic mass is 16.5. The molecule has 1 fully saturated rings. The highest BCUT2D eigenvalue weighted by Gasteiger charge is 2.27. The van der Waals surface area contributed by atoms with E-state index in [0.717, 1.165) is 49.7 Å². The Hall–Kier alpha value is -3.54. The summed E-state index contributed by atoms with van der Waals surface area (Å²) >= 11 is 0. The van der Waals surface area contributed by atoms with E-state index in [1.807, 2.05) is 6.08 Å². The van der Waals surface area contributed by atoms with Gasteiger partial charge in [-0.1, -0.05) is 18.2 Å². The van der Waals surface area contributed by atoms with Crippen LogP contribution in [0.25, 0.3) is 6.08 Å². The molecule has 6 nitrogen and oxygen atoms in total. The molecule has 0 radical (unpaired) electrons. The summed E-state index contributed by atoms with van der Waals surface area (Å²) in [6, 6.07) is 12.1. The molecule has 0 heterocycles. The largest absolute Gasteiger partial charge is 0.458 e. The Bertz CT molecular complexity index is 969. The summed E-state index contributed by atoms with van der Waals surface area (Å²) in [6.45, 7) is 3.86. The lowest BCUT2D eigenvalue weighted by molar-refractivity contribution is -0.140. The molecule has 0 unspecified atom stereocenters. The predicted molar refractivity (Wildman–Crippen MR) is 131 cm³/mol. The highest BCUT2D eigenvalue weighted by Crippen LogP contribution is 2.32. The van der Waals surface area contributed by atoms with Crippen molar-refractivity contribution < 1.29 is 19.1 Å². The van der Waals surface area contributed by atoms with Crippen molar-refractivity contribution >= 4 is 29.4 Å². The minimum Gasteiger partial charge on any atom is -0.458 e. The number of benzene rings is 2. The van der Waals surface area contributed by atoms with Gasteiger partial charge in [-0.25, -0.2) is 4.79 Å². The number of hydrogen-bond acceptors (Lipinski definition) is 6. The highest BCUT2D eigenvalue weighted by molar-refractivity contribution is 5.87. The van der Waals surface area contributed by atoms with Crippen molar-refractivity contribution in [3.05, 3.63) is 72.3 Å². The summed E-state index contributed by atoms with van der Waals surface area (Å²) in [7, 11) is 0. The number of ether oxygens (including phenoxy) is 2. The third kappa shape index (κ3) is 7.83. The molecule has 2 aromatic rings. The molecule has 6 heteroatoms. The van der Waals surface area contributed by atoms with Gasteiger partial charge in [0.15, 0.2) is 0 Å². The third-order valence-corrected chi connectivity index (χ3v) is 5.89. The number of nitrogen functional groups attached to an aromatic ring is 2. The van der Waals surface area contributed by atoms with E-state index in [2.05, 4.69) is 6.58 Å². The molecule has 1 aliphatic rings. The molecule has 4 N–H and O–H groups in total. The molecule has 0 bridgehead atoms. The Balaban J connectivity index is 1.43. The summed E-state index contributed by atoms with van der Waals surface area (Å²) in [5.74, 6) is 0.526. The van der Waals surface area contributed by atoms with E-state index in [0.29, 0.717) is 23.0 Å². The van der Waals surface area contributed by atoms with Crippen LogP contribution in [0.3, 0.4) is 0 Å². The molecule has 1 saturated carbocycles. The van der Waals surface area contributed by atoms with Gasteiger partial charge in [-0.15, -0.1) is 6.58 Å². The van der Waals surface area contributed by atoms with Gasteiger partial charge in [0, 0.05) is 17.5 Å². The van der Waals surface area contributed by atoms with Crippen molar-refractivity contribution in [3.8, 4) is 5.75 Å². The zero-order chi connectivity index (χ0) is 23.6. The van der Waals surface area contributed by atoms with Gasteiger partial charge in [-0.2, -0.15) is 0 Å². The van der Waals surface area contributed by atoms with Crippen LogP contribution in [0.1, 0.15) is 49.7 Å². The molecule has 0 atom stereocenters. The fourth-order valence-electron chi connectivity index (χ4n) is 4.08. The summed E-state index contributed by atoms with van der Waals surface area (Å²) in [5.41, 5.74) is 14.0. The van der Waals surface area contributed by atoms with E-state index in [-0.39, 0.29) is 18.5 Å². The molecular weight excluding hydrogens is 416 g/mol. The lowest BCUT2D eigenvalue weighted by atomic mass is 9.80. The van der Waals surface area contributed by atoms with Gasteiger partial charge in [0.2, 0.25) is 0 Å². The number of allylic oxidation sites excluding steroid dienone is 1. The molecule has 0 saturated heterocycles. The normalized spacial score (nSPS) is 18.1. The van der Waals surface area contributed by atoms with Crippen LogP contribution in [0.4, 0.5) is 11.4 Å². The SMILES string of the molecule is C=CCCC1CCC(C(=O)Oc2ccc(C=CC(=O)OCc3cc(N)cc(N)c3)cc2)CC1. The number of anilines is 2. The molecule has 3 rings (SSSR count). The van der Waals surface area contributed by atoms with E-state index >= 15 is 0 Å². The fourth-order valence-corrected chi connectivity index (χ4v) is 4.08. The van der Waals surface area contributed by atoms with Gasteiger partial charge in [0.1, 0.15) is 12.4 Å². The van der Waals surface area contributed by atoms with E-state index < -0.39 is 5.97 Å². The summed E-state index contributed by atoms with van der Waals surface area (Å²) in [6.07, 6.45) is 11.0. The minimum absolute atomic E-state index is 0.0327. The second-order valence-electron chi connectivity index (χ2n) is 8.52. The van der Waals surface area contributed by atoms with Gasteiger partial charge in [0.25, 0.3) is 0 Å². The smallest absolute Gasteiger partial charge is 0.331 e. The number of nitrogens with two attached hydrogens (primary N) is 2. The molecule has 2 aromatic carbocycles. The fraction of sp³-hybridized carbons (Fsp3) is 0.333. The van der Waals surface area contributed by atoms with Gasteiger partial charge >= 0.3 is 11.9 Å². The molecule has 0 aliphatic heterocycles. The van der Waals surface area contributed by atoms with E-state index in [1.54, 1.807) is 48.5 Å². The van der Waals surface area contributed by atoms with Gasteiger partial charge in [0.05, 0.1) is 5.92 Å².